The van der Waals surface area contributed by atoms with Crippen LogP contribution in [0.25, 0.3) is 22.2 Å². The molecule has 106 valence electrons. The molecule has 0 atom stereocenters. The Hall–Kier alpha value is -1.93. The highest BCUT2D eigenvalue weighted by atomic mass is 35.5. The van der Waals surface area contributed by atoms with E-state index in [1.807, 2.05) is 18.2 Å². The molecule has 0 amide bonds. The van der Waals surface area contributed by atoms with Gasteiger partial charge in [0.1, 0.15) is 5.75 Å². The third-order valence-electron chi connectivity index (χ3n) is 4.17. The van der Waals surface area contributed by atoms with Gasteiger partial charge in [-0.2, -0.15) is 0 Å². The van der Waals surface area contributed by atoms with Crippen LogP contribution in [-0.2, 0) is 0 Å². The van der Waals surface area contributed by atoms with Gasteiger partial charge in [0.05, 0.1) is 7.11 Å². The van der Waals surface area contributed by atoms with Crippen LogP contribution in [0.15, 0.2) is 42.5 Å². The lowest BCUT2D eigenvalue weighted by Gasteiger charge is -2.05. The second-order valence-electron chi connectivity index (χ2n) is 5.61. The van der Waals surface area contributed by atoms with Gasteiger partial charge in [-0.25, -0.2) is 0 Å². The van der Waals surface area contributed by atoms with Crippen molar-refractivity contribution in [3.05, 3.63) is 53.1 Å². The Kier molecular flexibility index (Phi) is 2.93. The van der Waals surface area contributed by atoms with E-state index in [-0.39, 0.29) is 0 Å². The van der Waals surface area contributed by atoms with Crippen molar-refractivity contribution in [3.8, 4) is 17.0 Å². The Bertz CT molecular complexity index is 800. The van der Waals surface area contributed by atoms with Crippen LogP contribution in [-0.4, -0.2) is 12.1 Å². The second kappa shape index (κ2) is 4.81. The first-order valence-electron chi connectivity index (χ1n) is 7.22. The molecule has 0 radical (unpaired) electrons. The highest BCUT2D eigenvalue weighted by Gasteiger charge is 2.30. The number of ether oxygens (including phenoxy) is 1. The van der Waals surface area contributed by atoms with Gasteiger partial charge in [-0.3, -0.25) is 0 Å². The average molecular weight is 298 g/mol. The van der Waals surface area contributed by atoms with Crippen LogP contribution in [0.4, 0.5) is 0 Å². The monoisotopic (exact) mass is 297 g/mol. The van der Waals surface area contributed by atoms with Gasteiger partial charge < -0.3 is 9.72 Å². The number of benzene rings is 2. The summed E-state index contributed by atoms with van der Waals surface area (Å²) in [5, 5.41) is 2.06. The lowest BCUT2D eigenvalue weighted by molar-refractivity contribution is 0.415. The van der Waals surface area contributed by atoms with Crippen molar-refractivity contribution in [2.24, 2.45) is 0 Å². The topological polar surface area (TPSA) is 25.0 Å². The molecule has 1 aromatic heterocycles. The fourth-order valence-corrected chi connectivity index (χ4v) is 3.14. The molecule has 21 heavy (non-hydrogen) atoms. The zero-order chi connectivity index (χ0) is 14.4. The van der Waals surface area contributed by atoms with Crippen LogP contribution in [0.5, 0.6) is 5.75 Å². The molecule has 0 spiro atoms. The number of aromatic amines is 1. The van der Waals surface area contributed by atoms with Gasteiger partial charge in [-0.15, -0.1) is 0 Å². The molecule has 1 fully saturated rings. The van der Waals surface area contributed by atoms with Gasteiger partial charge in [-0.05, 0) is 72.4 Å². The van der Waals surface area contributed by atoms with E-state index in [0.29, 0.717) is 5.92 Å². The molecular formula is C18H16ClNO. The van der Waals surface area contributed by atoms with E-state index >= 15 is 0 Å². The highest BCUT2D eigenvalue weighted by Crippen LogP contribution is 2.48. The number of nitrogens with one attached hydrogen (secondary N) is 1. The predicted molar refractivity (Wildman–Crippen MR) is 87.3 cm³/mol. The van der Waals surface area contributed by atoms with E-state index in [4.69, 9.17) is 16.3 Å². The maximum Gasteiger partial charge on any atom is 0.118 e. The number of fused-ring (bicyclic) bond motifs is 1. The second-order valence-corrected chi connectivity index (χ2v) is 6.04. The number of aromatic nitrogens is 1. The summed E-state index contributed by atoms with van der Waals surface area (Å²) in [4.78, 5) is 3.57. The van der Waals surface area contributed by atoms with Crippen LogP contribution in [0.1, 0.15) is 24.3 Å². The van der Waals surface area contributed by atoms with E-state index < -0.39 is 0 Å². The molecule has 1 heterocycles. The summed E-state index contributed by atoms with van der Waals surface area (Å²) in [6.07, 6.45) is 2.53. The Morgan fingerprint density at radius 3 is 2.52 bits per heavy atom. The summed E-state index contributed by atoms with van der Waals surface area (Å²) >= 11 is 6.18. The zero-order valence-electron chi connectivity index (χ0n) is 11.8. The molecule has 1 aliphatic rings. The van der Waals surface area contributed by atoms with Crippen molar-refractivity contribution in [1.82, 2.24) is 4.98 Å². The largest absolute Gasteiger partial charge is 0.497 e. The summed E-state index contributed by atoms with van der Waals surface area (Å²) in [5.74, 6) is 1.54. The molecule has 1 saturated carbocycles. The third kappa shape index (κ3) is 2.20. The summed E-state index contributed by atoms with van der Waals surface area (Å²) in [6, 6.07) is 14.3. The Morgan fingerprint density at radius 2 is 1.86 bits per heavy atom. The first-order valence-corrected chi connectivity index (χ1v) is 7.59. The maximum atomic E-state index is 6.18. The Labute approximate surface area is 128 Å². The minimum absolute atomic E-state index is 0.661. The smallest absolute Gasteiger partial charge is 0.118 e. The lowest BCUT2D eigenvalue weighted by atomic mass is 10.0. The molecule has 0 unspecified atom stereocenters. The number of hydrogen-bond donors (Lipinski definition) is 1. The van der Waals surface area contributed by atoms with Crippen molar-refractivity contribution >= 4 is 22.5 Å². The first-order chi connectivity index (χ1) is 10.3. The van der Waals surface area contributed by atoms with Crippen molar-refractivity contribution in [2.45, 2.75) is 18.8 Å². The molecule has 4 rings (SSSR count). The van der Waals surface area contributed by atoms with Gasteiger partial charge in [0.25, 0.3) is 0 Å². The first kappa shape index (κ1) is 12.8. The van der Waals surface area contributed by atoms with Gasteiger partial charge >= 0.3 is 0 Å². The number of H-pyrrole nitrogens is 1. The van der Waals surface area contributed by atoms with Crippen LogP contribution in [0.3, 0.4) is 0 Å². The number of hydrogen-bond acceptors (Lipinski definition) is 1. The van der Waals surface area contributed by atoms with Crippen LogP contribution < -0.4 is 4.74 Å². The molecule has 2 aromatic carbocycles. The highest BCUT2D eigenvalue weighted by molar-refractivity contribution is 6.31. The van der Waals surface area contributed by atoms with Gasteiger partial charge in [-0.1, -0.05) is 11.6 Å². The number of halogens is 1. The number of methoxy groups -OCH3 is 1. The predicted octanol–water partition coefficient (Wildman–Crippen LogP) is 5.37. The van der Waals surface area contributed by atoms with E-state index in [9.17, 15) is 0 Å². The van der Waals surface area contributed by atoms with E-state index in [1.165, 1.54) is 35.0 Å². The van der Waals surface area contributed by atoms with Gasteiger partial charge in [0, 0.05) is 21.6 Å². The zero-order valence-corrected chi connectivity index (χ0v) is 12.6. The molecule has 1 aliphatic carbocycles. The Balaban J connectivity index is 1.92. The van der Waals surface area contributed by atoms with Crippen LogP contribution in [0, 0.1) is 0 Å². The van der Waals surface area contributed by atoms with Crippen molar-refractivity contribution in [1.29, 1.82) is 0 Å². The fraction of sp³-hybridized carbons (Fsp3) is 0.222. The van der Waals surface area contributed by atoms with Gasteiger partial charge in [0.15, 0.2) is 0 Å². The molecule has 3 aromatic rings. The third-order valence-corrected chi connectivity index (χ3v) is 4.40. The summed E-state index contributed by atoms with van der Waals surface area (Å²) in [6.45, 7) is 0. The summed E-state index contributed by atoms with van der Waals surface area (Å²) < 4.78 is 5.24. The van der Waals surface area contributed by atoms with E-state index in [2.05, 4.69) is 29.2 Å². The summed E-state index contributed by atoms with van der Waals surface area (Å²) in [7, 11) is 1.69. The van der Waals surface area contributed by atoms with Crippen molar-refractivity contribution in [3.63, 3.8) is 0 Å². The molecule has 2 nitrogen and oxygen atoms in total. The van der Waals surface area contributed by atoms with Crippen molar-refractivity contribution in [2.75, 3.05) is 7.11 Å². The SMILES string of the molecule is COc1ccc(-c2[nH]c3ccc(Cl)cc3c2C2CC2)cc1. The lowest BCUT2D eigenvalue weighted by Crippen LogP contribution is -1.86. The average Bonchev–Trinajstić information content (AvgIpc) is 3.28. The maximum absolute atomic E-state index is 6.18. The van der Waals surface area contributed by atoms with Crippen LogP contribution >= 0.6 is 11.6 Å². The quantitative estimate of drug-likeness (QED) is 0.690. The van der Waals surface area contributed by atoms with E-state index in [1.54, 1.807) is 7.11 Å². The fourth-order valence-electron chi connectivity index (χ4n) is 2.97. The number of rotatable bonds is 3. The van der Waals surface area contributed by atoms with Crippen LogP contribution in [0.2, 0.25) is 5.02 Å². The molecule has 0 aliphatic heterocycles. The standard InChI is InChI=1S/C18H16ClNO/c1-21-14-7-4-12(5-8-14)18-17(11-2-3-11)15-10-13(19)6-9-16(15)20-18/h4-11,20H,2-3H2,1H3. The molecule has 0 saturated heterocycles. The van der Waals surface area contributed by atoms with Crippen molar-refractivity contribution < 1.29 is 4.74 Å². The minimum atomic E-state index is 0.661. The minimum Gasteiger partial charge on any atom is -0.497 e. The molecular weight excluding hydrogens is 282 g/mol. The van der Waals surface area contributed by atoms with E-state index in [0.717, 1.165) is 16.3 Å². The Morgan fingerprint density at radius 1 is 1.10 bits per heavy atom. The normalized spacial score (nSPS) is 14.6. The molecule has 1 N–H and O–H groups in total. The molecule has 3 heteroatoms. The van der Waals surface area contributed by atoms with Gasteiger partial charge in [0.2, 0.25) is 0 Å². The summed E-state index contributed by atoms with van der Waals surface area (Å²) in [5.41, 5.74) is 4.99. The molecule has 0 bridgehead atoms.